The van der Waals surface area contributed by atoms with Gasteiger partial charge in [-0.2, -0.15) is 0 Å². The number of hydrogen-bond acceptors (Lipinski definition) is 3. The summed E-state index contributed by atoms with van der Waals surface area (Å²) in [7, 11) is -3.57. The highest BCUT2D eigenvalue weighted by Gasteiger charge is 2.31. The Morgan fingerprint density at radius 2 is 1.87 bits per heavy atom. The van der Waals surface area contributed by atoms with Crippen molar-refractivity contribution in [2.45, 2.75) is 49.3 Å². The van der Waals surface area contributed by atoms with Gasteiger partial charge in [-0.15, -0.1) is 0 Å². The second kappa shape index (κ2) is 10.9. The summed E-state index contributed by atoms with van der Waals surface area (Å²) in [6, 6.07) is 14.5. The lowest BCUT2D eigenvalue weighted by molar-refractivity contribution is -0.137. The van der Waals surface area contributed by atoms with Gasteiger partial charge in [-0.1, -0.05) is 48.0 Å². The van der Waals surface area contributed by atoms with Gasteiger partial charge < -0.3 is 5.11 Å². The molecular weight excluding hydrogens is 434 g/mol. The highest BCUT2D eigenvalue weighted by Crippen LogP contribution is 2.41. The van der Waals surface area contributed by atoms with Crippen molar-refractivity contribution in [3.8, 4) is 0 Å². The standard InChI is InChI=1S/C24H28ClNO4S/c25-20-11-13-21(14-12-20)31(29,30)26-16-15-23-19(7-3-1-2-4-10-24(27)28)17-18-8-5-6-9-22(18)23/h1,3,5-6,8-9,11-14,19,23,26H,2,4,7,10,15-17H2,(H,27,28)/b3-1-. The van der Waals surface area contributed by atoms with Gasteiger partial charge in [-0.25, -0.2) is 13.1 Å². The normalized spacial score (nSPS) is 18.4. The van der Waals surface area contributed by atoms with Crippen molar-refractivity contribution in [2.75, 3.05) is 6.54 Å². The molecule has 2 aromatic rings. The first kappa shape index (κ1) is 23.5. The molecule has 0 spiro atoms. The molecule has 7 heteroatoms. The van der Waals surface area contributed by atoms with Crippen molar-refractivity contribution < 1.29 is 18.3 Å². The quantitative estimate of drug-likeness (QED) is 0.357. The molecule has 2 unspecified atom stereocenters. The Labute approximate surface area is 189 Å². The maximum Gasteiger partial charge on any atom is 0.303 e. The Morgan fingerprint density at radius 3 is 2.61 bits per heavy atom. The minimum atomic E-state index is -3.57. The second-order valence-corrected chi connectivity index (χ2v) is 10.1. The van der Waals surface area contributed by atoms with Crippen LogP contribution in [0.1, 0.15) is 49.1 Å². The summed E-state index contributed by atoms with van der Waals surface area (Å²) in [6.07, 6.45) is 8.40. The number of carbonyl (C=O) groups is 1. The van der Waals surface area contributed by atoms with Gasteiger partial charge in [-0.3, -0.25) is 4.79 Å². The van der Waals surface area contributed by atoms with E-state index in [1.165, 1.54) is 23.3 Å². The third-order valence-electron chi connectivity index (χ3n) is 5.74. The van der Waals surface area contributed by atoms with E-state index < -0.39 is 16.0 Å². The highest BCUT2D eigenvalue weighted by molar-refractivity contribution is 7.89. The van der Waals surface area contributed by atoms with Crippen LogP contribution in [0.25, 0.3) is 0 Å². The molecule has 0 bridgehead atoms. The molecule has 2 atom stereocenters. The number of benzene rings is 2. The van der Waals surface area contributed by atoms with Gasteiger partial charge >= 0.3 is 5.97 Å². The van der Waals surface area contributed by atoms with Crippen LogP contribution in [0, 0.1) is 5.92 Å². The van der Waals surface area contributed by atoms with Crippen LogP contribution in [0.2, 0.25) is 5.02 Å². The van der Waals surface area contributed by atoms with E-state index in [9.17, 15) is 13.2 Å². The molecule has 1 aliphatic rings. The van der Waals surface area contributed by atoms with E-state index in [1.807, 2.05) is 12.1 Å². The molecule has 0 aromatic heterocycles. The van der Waals surface area contributed by atoms with Crippen molar-refractivity contribution in [1.29, 1.82) is 0 Å². The number of carboxylic acids is 1. The van der Waals surface area contributed by atoms with Crippen LogP contribution in [0.3, 0.4) is 0 Å². The Kier molecular flexibility index (Phi) is 8.29. The van der Waals surface area contributed by atoms with E-state index in [4.69, 9.17) is 16.7 Å². The molecule has 5 nitrogen and oxygen atoms in total. The van der Waals surface area contributed by atoms with Crippen LogP contribution in [-0.2, 0) is 21.2 Å². The first-order chi connectivity index (χ1) is 14.9. The summed E-state index contributed by atoms with van der Waals surface area (Å²) in [4.78, 5) is 10.8. The zero-order valence-corrected chi connectivity index (χ0v) is 18.9. The predicted molar refractivity (Wildman–Crippen MR) is 123 cm³/mol. The fourth-order valence-electron chi connectivity index (χ4n) is 4.21. The fraction of sp³-hybridized carbons (Fsp3) is 0.375. The number of unbranched alkanes of at least 4 members (excludes halogenated alkanes) is 1. The van der Waals surface area contributed by atoms with E-state index >= 15 is 0 Å². The fourth-order valence-corrected chi connectivity index (χ4v) is 5.38. The van der Waals surface area contributed by atoms with E-state index in [0.717, 1.165) is 25.7 Å². The molecule has 0 heterocycles. The summed E-state index contributed by atoms with van der Waals surface area (Å²) in [5.74, 6) is -0.0679. The third-order valence-corrected chi connectivity index (χ3v) is 7.47. The Bertz CT molecular complexity index is 1020. The van der Waals surface area contributed by atoms with Crippen LogP contribution in [-0.4, -0.2) is 26.0 Å². The molecular formula is C24H28ClNO4S. The van der Waals surface area contributed by atoms with Crippen molar-refractivity contribution in [3.63, 3.8) is 0 Å². The maximum absolute atomic E-state index is 12.6. The second-order valence-electron chi connectivity index (χ2n) is 7.90. The van der Waals surface area contributed by atoms with E-state index in [2.05, 4.69) is 29.0 Å². The first-order valence-electron chi connectivity index (χ1n) is 10.6. The Morgan fingerprint density at radius 1 is 1.13 bits per heavy atom. The van der Waals surface area contributed by atoms with Crippen LogP contribution in [0.4, 0.5) is 0 Å². The molecule has 0 saturated heterocycles. The average molecular weight is 462 g/mol. The van der Waals surface area contributed by atoms with E-state index in [0.29, 0.717) is 23.9 Å². The monoisotopic (exact) mass is 461 g/mol. The zero-order chi connectivity index (χ0) is 22.3. The molecule has 0 radical (unpaired) electrons. The number of hydrogen-bond donors (Lipinski definition) is 2. The molecule has 2 aromatic carbocycles. The largest absolute Gasteiger partial charge is 0.481 e. The summed E-state index contributed by atoms with van der Waals surface area (Å²) in [5.41, 5.74) is 2.63. The van der Waals surface area contributed by atoms with Gasteiger partial charge in [0.15, 0.2) is 0 Å². The van der Waals surface area contributed by atoms with Crippen LogP contribution >= 0.6 is 11.6 Å². The van der Waals surface area contributed by atoms with Crippen LogP contribution < -0.4 is 4.72 Å². The molecule has 0 aliphatic heterocycles. The van der Waals surface area contributed by atoms with Gasteiger partial charge in [0.25, 0.3) is 0 Å². The number of fused-ring (bicyclic) bond motifs is 1. The lowest BCUT2D eigenvalue weighted by Gasteiger charge is -2.20. The van der Waals surface area contributed by atoms with Crippen molar-refractivity contribution in [2.24, 2.45) is 5.92 Å². The smallest absolute Gasteiger partial charge is 0.303 e. The summed E-state index contributed by atoms with van der Waals surface area (Å²) < 4.78 is 27.8. The molecule has 0 fully saturated rings. The number of sulfonamides is 1. The summed E-state index contributed by atoms with van der Waals surface area (Å²) >= 11 is 5.85. The predicted octanol–water partition coefficient (Wildman–Crippen LogP) is 5.17. The van der Waals surface area contributed by atoms with Gasteiger partial charge in [0.05, 0.1) is 4.90 Å². The zero-order valence-electron chi connectivity index (χ0n) is 17.3. The van der Waals surface area contributed by atoms with E-state index in [-0.39, 0.29) is 17.2 Å². The van der Waals surface area contributed by atoms with Gasteiger partial charge in [-0.05, 0) is 79.3 Å². The molecule has 166 valence electrons. The van der Waals surface area contributed by atoms with Gasteiger partial charge in [0, 0.05) is 18.0 Å². The van der Waals surface area contributed by atoms with Crippen molar-refractivity contribution >= 4 is 27.6 Å². The number of aliphatic carboxylic acids is 1. The number of nitrogens with one attached hydrogen (secondary N) is 1. The van der Waals surface area contributed by atoms with Gasteiger partial charge in [0.2, 0.25) is 10.0 Å². The molecule has 2 N–H and O–H groups in total. The third kappa shape index (κ3) is 6.66. The summed E-state index contributed by atoms with van der Waals surface area (Å²) in [5, 5.41) is 9.22. The van der Waals surface area contributed by atoms with Crippen LogP contribution in [0.15, 0.2) is 65.6 Å². The number of allylic oxidation sites excluding steroid dienone is 2. The molecule has 1 aliphatic carbocycles. The average Bonchev–Trinajstić information content (AvgIpc) is 3.08. The van der Waals surface area contributed by atoms with Crippen molar-refractivity contribution in [1.82, 2.24) is 4.72 Å². The molecule has 3 rings (SSSR count). The molecule has 0 saturated carbocycles. The van der Waals surface area contributed by atoms with Crippen molar-refractivity contribution in [3.05, 3.63) is 76.8 Å². The minimum Gasteiger partial charge on any atom is -0.481 e. The minimum absolute atomic E-state index is 0.190. The number of halogens is 1. The SMILES string of the molecule is O=C(O)CCC/C=C\CC1Cc2ccccc2C1CCNS(=O)(=O)c1ccc(Cl)cc1. The topological polar surface area (TPSA) is 83.5 Å². The molecule has 31 heavy (non-hydrogen) atoms. The molecule has 0 amide bonds. The Hall–Kier alpha value is -2.15. The first-order valence-corrected chi connectivity index (χ1v) is 12.4. The lowest BCUT2D eigenvalue weighted by atomic mass is 9.87. The Balaban J connectivity index is 1.59. The highest BCUT2D eigenvalue weighted by atomic mass is 35.5. The number of carboxylic acid groups (broad SMARTS) is 1. The number of rotatable bonds is 11. The maximum atomic E-state index is 12.6. The van der Waals surface area contributed by atoms with E-state index in [1.54, 1.807) is 12.1 Å². The lowest BCUT2D eigenvalue weighted by Crippen LogP contribution is -2.26. The summed E-state index contributed by atoms with van der Waals surface area (Å²) in [6.45, 7) is 0.364. The van der Waals surface area contributed by atoms with Gasteiger partial charge in [0.1, 0.15) is 0 Å². The van der Waals surface area contributed by atoms with Crippen LogP contribution in [0.5, 0.6) is 0 Å².